The predicted octanol–water partition coefficient (Wildman–Crippen LogP) is 0.609. The molecule has 0 bridgehead atoms. The Morgan fingerprint density at radius 3 is 2.50 bits per heavy atom. The van der Waals surface area contributed by atoms with E-state index >= 15 is 0 Å². The molecular weight excluding hydrogens is 174 g/mol. The van der Waals surface area contributed by atoms with Gasteiger partial charge >= 0.3 is 0 Å². The second-order valence-electron chi connectivity index (χ2n) is 4.43. The molecule has 0 spiro atoms. The number of nitrogens with zero attached hydrogens (tertiary/aromatic N) is 2. The smallest absolute Gasteiger partial charge is 0.0105 e. The monoisotopic (exact) mass is 199 g/mol. The van der Waals surface area contributed by atoms with E-state index in [1.54, 1.807) is 0 Å². The summed E-state index contributed by atoms with van der Waals surface area (Å²) in [6.07, 6.45) is 2.72. The SMILES string of the molecule is CCN(CCN)CC1CCN(C)CC1. The van der Waals surface area contributed by atoms with Crippen molar-refractivity contribution in [3.05, 3.63) is 0 Å². The molecule has 14 heavy (non-hydrogen) atoms. The minimum absolute atomic E-state index is 0.792. The summed E-state index contributed by atoms with van der Waals surface area (Å²) in [5.74, 6) is 0.901. The van der Waals surface area contributed by atoms with Crippen molar-refractivity contribution in [2.75, 3.05) is 46.3 Å². The van der Waals surface area contributed by atoms with Crippen molar-refractivity contribution < 1.29 is 0 Å². The Labute approximate surface area is 88.2 Å². The third-order valence-corrected chi connectivity index (χ3v) is 3.25. The number of nitrogens with two attached hydrogens (primary N) is 1. The summed E-state index contributed by atoms with van der Waals surface area (Å²) in [7, 11) is 2.22. The quantitative estimate of drug-likeness (QED) is 0.704. The summed E-state index contributed by atoms with van der Waals surface area (Å²) in [5.41, 5.74) is 5.58. The molecule has 0 aromatic rings. The zero-order valence-electron chi connectivity index (χ0n) is 9.71. The highest BCUT2D eigenvalue weighted by atomic mass is 15.1. The maximum absolute atomic E-state index is 5.58. The van der Waals surface area contributed by atoms with Crippen molar-refractivity contribution in [1.82, 2.24) is 9.80 Å². The molecule has 1 rings (SSSR count). The van der Waals surface area contributed by atoms with Crippen molar-refractivity contribution in [3.8, 4) is 0 Å². The van der Waals surface area contributed by atoms with Crippen molar-refractivity contribution in [1.29, 1.82) is 0 Å². The maximum atomic E-state index is 5.58. The van der Waals surface area contributed by atoms with E-state index in [9.17, 15) is 0 Å². The lowest BCUT2D eigenvalue weighted by Crippen LogP contribution is -2.38. The van der Waals surface area contributed by atoms with Gasteiger partial charge in [0.2, 0.25) is 0 Å². The van der Waals surface area contributed by atoms with E-state index in [0.29, 0.717) is 0 Å². The van der Waals surface area contributed by atoms with Gasteiger partial charge in [-0.25, -0.2) is 0 Å². The van der Waals surface area contributed by atoms with Crippen molar-refractivity contribution >= 4 is 0 Å². The van der Waals surface area contributed by atoms with E-state index in [0.717, 1.165) is 25.6 Å². The Hall–Kier alpha value is -0.120. The Balaban J connectivity index is 2.21. The van der Waals surface area contributed by atoms with E-state index in [4.69, 9.17) is 5.73 Å². The number of rotatable bonds is 5. The molecule has 84 valence electrons. The lowest BCUT2D eigenvalue weighted by Gasteiger charge is -2.32. The van der Waals surface area contributed by atoms with Gasteiger partial charge in [0.15, 0.2) is 0 Å². The van der Waals surface area contributed by atoms with Crippen LogP contribution < -0.4 is 5.73 Å². The molecule has 3 heteroatoms. The lowest BCUT2D eigenvalue weighted by molar-refractivity contribution is 0.166. The minimum atomic E-state index is 0.792. The van der Waals surface area contributed by atoms with Crippen LogP contribution in [0, 0.1) is 5.92 Å². The fourth-order valence-electron chi connectivity index (χ4n) is 2.17. The van der Waals surface area contributed by atoms with Crippen molar-refractivity contribution in [3.63, 3.8) is 0 Å². The molecular formula is C11H25N3. The number of piperidine rings is 1. The van der Waals surface area contributed by atoms with Gasteiger partial charge in [0, 0.05) is 19.6 Å². The first-order valence-corrected chi connectivity index (χ1v) is 5.87. The fourth-order valence-corrected chi connectivity index (χ4v) is 2.17. The molecule has 0 aromatic carbocycles. The number of likely N-dealkylation sites (N-methyl/N-ethyl adjacent to an activating group) is 1. The number of hydrogen-bond acceptors (Lipinski definition) is 3. The number of hydrogen-bond donors (Lipinski definition) is 1. The first-order valence-electron chi connectivity index (χ1n) is 5.87. The normalized spacial score (nSPS) is 20.6. The van der Waals surface area contributed by atoms with Gasteiger partial charge in [-0.05, 0) is 45.4 Å². The Kier molecular flexibility index (Phi) is 5.45. The van der Waals surface area contributed by atoms with Crippen LogP contribution in [-0.2, 0) is 0 Å². The second kappa shape index (κ2) is 6.38. The molecule has 2 N–H and O–H groups in total. The Bertz CT molecular complexity index is 141. The Morgan fingerprint density at radius 2 is 2.00 bits per heavy atom. The van der Waals surface area contributed by atoms with Crippen LogP contribution in [0.2, 0.25) is 0 Å². The average Bonchev–Trinajstić information content (AvgIpc) is 2.20. The molecule has 1 aliphatic rings. The molecule has 1 saturated heterocycles. The summed E-state index contributed by atoms with van der Waals surface area (Å²) in [6, 6.07) is 0. The summed E-state index contributed by atoms with van der Waals surface area (Å²) < 4.78 is 0. The highest BCUT2D eigenvalue weighted by molar-refractivity contribution is 4.73. The zero-order valence-corrected chi connectivity index (χ0v) is 9.71. The van der Waals surface area contributed by atoms with E-state index in [1.807, 2.05) is 0 Å². The largest absolute Gasteiger partial charge is 0.329 e. The van der Waals surface area contributed by atoms with Crippen molar-refractivity contribution in [2.45, 2.75) is 19.8 Å². The third-order valence-electron chi connectivity index (χ3n) is 3.25. The molecule has 3 nitrogen and oxygen atoms in total. The highest BCUT2D eigenvalue weighted by Crippen LogP contribution is 2.16. The van der Waals surface area contributed by atoms with Crippen LogP contribution in [0.4, 0.5) is 0 Å². The fraction of sp³-hybridized carbons (Fsp3) is 1.00. The molecule has 1 heterocycles. The molecule has 0 atom stereocenters. The van der Waals surface area contributed by atoms with E-state index in [1.165, 1.54) is 32.5 Å². The van der Waals surface area contributed by atoms with E-state index in [2.05, 4.69) is 23.8 Å². The summed E-state index contributed by atoms with van der Waals surface area (Å²) >= 11 is 0. The van der Waals surface area contributed by atoms with Crippen LogP contribution in [0.5, 0.6) is 0 Å². The van der Waals surface area contributed by atoms with E-state index < -0.39 is 0 Å². The molecule has 0 radical (unpaired) electrons. The first-order chi connectivity index (χ1) is 6.76. The highest BCUT2D eigenvalue weighted by Gasteiger charge is 2.18. The molecule has 0 aliphatic carbocycles. The molecule has 0 unspecified atom stereocenters. The van der Waals surface area contributed by atoms with Crippen LogP contribution in [-0.4, -0.2) is 56.1 Å². The van der Waals surface area contributed by atoms with Crippen LogP contribution in [0.25, 0.3) is 0 Å². The van der Waals surface area contributed by atoms with Crippen LogP contribution in [0.3, 0.4) is 0 Å². The zero-order chi connectivity index (χ0) is 10.4. The third kappa shape index (κ3) is 3.95. The van der Waals surface area contributed by atoms with Gasteiger partial charge in [-0.2, -0.15) is 0 Å². The van der Waals surface area contributed by atoms with E-state index in [-0.39, 0.29) is 0 Å². The Morgan fingerprint density at radius 1 is 1.36 bits per heavy atom. The molecule has 0 amide bonds. The topological polar surface area (TPSA) is 32.5 Å². The minimum Gasteiger partial charge on any atom is -0.329 e. The van der Waals surface area contributed by atoms with Crippen LogP contribution in [0.15, 0.2) is 0 Å². The van der Waals surface area contributed by atoms with Crippen LogP contribution >= 0.6 is 0 Å². The van der Waals surface area contributed by atoms with Crippen molar-refractivity contribution in [2.24, 2.45) is 11.7 Å². The summed E-state index contributed by atoms with van der Waals surface area (Å²) in [6.45, 7) is 9.01. The molecule has 1 fully saturated rings. The molecule has 1 aliphatic heterocycles. The van der Waals surface area contributed by atoms with Gasteiger partial charge in [0.1, 0.15) is 0 Å². The predicted molar refractivity (Wildman–Crippen MR) is 61.4 cm³/mol. The number of likely N-dealkylation sites (tertiary alicyclic amines) is 1. The summed E-state index contributed by atoms with van der Waals surface area (Å²) in [5, 5.41) is 0. The van der Waals surface area contributed by atoms with Gasteiger partial charge in [-0.1, -0.05) is 6.92 Å². The lowest BCUT2D eigenvalue weighted by atomic mass is 9.96. The van der Waals surface area contributed by atoms with Crippen LogP contribution in [0.1, 0.15) is 19.8 Å². The summed E-state index contributed by atoms with van der Waals surface area (Å²) in [4.78, 5) is 4.91. The second-order valence-corrected chi connectivity index (χ2v) is 4.43. The van der Waals surface area contributed by atoms with Gasteiger partial charge in [0.05, 0.1) is 0 Å². The van der Waals surface area contributed by atoms with Gasteiger partial charge in [-0.3, -0.25) is 0 Å². The van der Waals surface area contributed by atoms with Gasteiger partial charge < -0.3 is 15.5 Å². The first kappa shape index (κ1) is 12.0. The van der Waals surface area contributed by atoms with Gasteiger partial charge in [-0.15, -0.1) is 0 Å². The molecule has 0 aromatic heterocycles. The molecule has 0 saturated carbocycles. The van der Waals surface area contributed by atoms with Gasteiger partial charge in [0.25, 0.3) is 0 Å². The maximum Gasteiger partial charge on any atom is 0.0105 e. The standard InChI is InChI=1S/C11H25N3/c1-3-14(9-6-12)10-11-4-7-13(2)8-5-11/h11H,3-10,12H2,1-2H3. The average molecular weight is 199 g/mol.